The largest absolute Gasteiger partial charge is 0.317 e. The third-order valence-corrected chi connectivity index (χ3v) is 5.67. The van der Waals surface area contributed by atoms with E-state index in [0.29, 0.717) is 29.6 Å². The average molecular weight is 333 g/mol. The Morgan fingerprint density at radius 1 is 1.25 bits per heavy atom. The number of anilines is 1. The number of amides is 1. The van der Waals surface area contributed by atoms with E-state index in [2.05, 4.69) is 34.6 Å². The van der Waals surface area contributed by atoms with Crippen molar-refractivity contribution in [3.63, 3.8) is 0 Å². The van der Waals surface area contributed by atoms with Crippen LogP contribution in [0.1, 0.15) is 70.5 Å². The second-order valence-electron chi connectivity index (χ2n) is 8.30. The normalized spacial score (nSPS) is 22.5. The minimum atomic E-state index is 0.0760. The molecule has 0 spiro atoms. The molecule has 24 heavy (non-hydrogen) atoms. The Hall–Kier alpha value is -1.43. The van der Waals surface area contributed by atoms with Crippen molar-refractivity contribution in [1.82, 2.24) is 20.1 Å². The van der Waals surface area contributed by atoms with Crippen molar-refractivity contribution in [3.8, 4) is 0 Å². The molecule has 6 nitrogen and oxygen atoms in total. The summed E-state index contributed by atoms with van der Waals surface area (Å²) in [7, 11) is 1.86. The number of nitrogens with one attached hydrogen (secondary N) is 2. The number of piperidine rings is 1. The molecule has 1 amide bonds. The van der Waals surface area contributed by atoms with Crippen LogP contribution in [0.5, 0.6) is 0 Å². The zero-order valence-corrected chi connectivity index (χ0v) is 15.3. The first-order valence-electron chi connectivity index (χ1n) is 9.34. The van der Waals surface area contributed by atoms with Gasteiger partial charge in [-0.1, -0.05) is 13.8 Å². The molecule has 1 saturated heterocycles. The van der Waals surface area contributed by atoms with E-state index >= 15 is 0 Å². The highest BCUT2D eigenvalue weighted by Gasteiger charge is 2.28. The van der Waals surface area contributed by atoms with Crippen LogP contribution in [0.15, 0.2) is 0 Å². The summed E-state index contributed by atoms with van der Waals surface area (Å²) < 4.78 is 1.71. The second-order valence-corrected chi connectivity index (χ2v) is 8.30. The van der Waals surface area contributed by atoms with Crippen molar-refractivity contribution in [3.05, 3.63) is 5.82 Å². The molecule has 0 unspecified atom stereocenters. The van der Waals surface area contributed by atoms with Gasteiger partial charge < -0.3 is 5.32 Å². The van der Waals surface area contributed by atoms with Gasteiger partial charge in [-0.25, -0.2) is 4.68 Å². The van der Waals surface area contributed by atoms with E-state index in [0.717, 1.165) is 44.6 Å². The van der Waals surface area contributed by atoms with Gasteiger partial charge in [0, 0.05) is 19.4 Å². The first kappa shape index (κ1) is 17.4. The fourth-order valence-electron chi connectivity index (χ4n) is 3.87. The summed E-state index contributed by atoms with van der Waals surface area (Å²) in [5.41, 5.74) is 0.445. The van der Waals surface area contributed by atoms with Crippen molar-refractivity contribution >= 4 is 11.9 Å². The van der Waals surface area contributed by atoms with E-state index in [4.69, 9.17) is 0 Å². The Morgan fingerprint density at radius 2 is 1.92 bits per heavy atom. The zero-order valence-electron chi connectivity index (χ0n) is 15.3. The van der Waals surface area contributed by atoms with Crippen molar-refractivity contribution < 1.29 is 4.79 Å². The maximum Gasteiger partial charge on any atom is 0.227 e. The van der Waals surface area contributed by atoms with Crippen LogP contribution >= 0.6 is 0 Å². The lowest BCUT2D eigenvalue weighted by Crippen LogP contribution is -2.27. The molecule has 1 aromatic rings. The van der Waals surface area contributed by atoms with Gasteiger partial charge in [-0.15, -0.1) is 0 Å². The van der Waals surface area contributed by atoms with Crippen LogP contribution in [0.4, 0.5) is 5.95 Å². The minimum absolute atomic E-state index is 0.0760. The molecule has 0 radical (unpaired) electrons. The number of aromatic nitrogens is 3. The minimum Gasteiger partial charge on any atom is -0.317 e. The summed E-state index contributed by atoms with van der Waals surface area (Å²) in [4.78, 5) is 17.0. The van der Waals surface area contributed by atoms with Gasteiger partial charge in [0.1, 0.15) is 0 Å². The summed E-state index contributed by atoms with van der Waals surface area (Å²) in [5.74, 6) is 2.45. The number of carbonyl (C=O) groups excluding carboxylic acids is 1. The van der Waals surface area contributed by atoms with E-state index in [9.17, 15) is 4.79 Å². The van der Waals surface area contributed by atoms with Gasteiger partial charge in [0.15, 0.2) is 5.82 Å². The fraction of sp³-hybridized carbons (Fsp3) is 0.833. The van der Waals surface area contributed by atoms with E-state index in [1.54, 1.807) is 4.68 Å². The lowest BCUT2D eigenvalue weighted by Gasteiger charge is -2.33. The molecule has 2 fully saturated rings. The van der Waals surface area contributed by atoms with Gasteiger partial charge in [-0.3, -0.25) is 10.1 Å². The smallest absolute Gasteiger partial charge is 0.227 e. The zero-order chi connectivity index (χ0) is 17.2. The second kappa shape index (κ2) is 7.21. The summed E-state index contributed by atoms with van der Waals surface area (Å²) in [5, 5.41) is 10.8. The number of hydrogen-bond donors (Lipinski definition) is 2. The van der Waals surface area contributed by atoms with Crippen LogP contribution in [0.2, 0.25) is 0 Å². The lowest BCUT2D eigenvalue weighted by atomic mass is 9.72. The number of aryl methyl sites for hydroxylation is 1. The third-order valence-electron chi connectivity index (χ3n) is 5.67. The molecular formula is C18H31N5O. The first-order chi connectivity index (χ1) is 11.4. The summed E-state index contributed by atoms with van der Waals surface area (Å²) >= 11 is 0. The van der Waals surface area contributed by atoms with Crippen molar-refractivity contribution in [2.75, 3.05) is 18.4 Å². The molecule has 0 bridgehead atoms. The van der Waals surface area contributed by atoms with Crippen molar-refractivity contribution in [2.24, 2.45) is 18.4 Å². The third kappa shape index (κ3) is 4.35. The van der Waals surface area contributed by atoms with Gasteiger partial charge in [0.05, 0.1) is 0 Å². The van der Waals surface area contributed by atoms with Crippen LogP contribution in [-0.4, -0.2) is 33.8 Å². The number of rotatable bonds is 4. The molecule has 3 rings (SSSR count). The predicted octanol–water partition coefficient (Wildman–Crippen LogP) is 2.83. The summed E-state index contributed by atoms with van der Waals surface area (Å²) in [6.45, 7) is 6.68. The SMILES string of the molecule is Cn1nc(C2CCNCC2)nc1NC(=O)CC1CCC(C)(C)CC1. The topological polar surface area (TPSA) is 71.8 Å². The van der Waals surface area contributed by atoms with Gasteiger partial charge >= 0.3 is 0 Å². The Morgan fingerprint density at radius 3 is 2.58 bits per heavy atom. The highest BCUT2D eigenvalue weighted by atomic mass is 16.1. The van der Waals surface area contributed by atoms with Gasteiger partial charge in [-0.05, 0) is 62.9 Å². The molecule has 1 aliphatic heterocycles. The molecule has 1 aliphatic carbocycles. The number of hydrogen-bond acceptors (Lipinski definition) is 4. The van der Waals surface area contributed by atoms with Crippen molar-refractivity contribution in [1.29, 1.82) is 0 Å². The fourth-order valence-corrected chi connectivity index (χ4v) is 3.87. The molecule has 2 aliphatic rings. The Bertz CT molecular complexity index is 564. The molecule has 0 atom stereocenters. The number of nitrogens with zero attached hydrogens (tertiary/aromatic N) is 3. The van der Waals surface area contributed by atoms with Crippen molar-refractivity contribution in [2.45, 2.75) is 64.7 Å². The highest BCUT2D eigenvalue weighted by molar-refractivity contribution is 5.89. The maximum atomic E-state index is 12.4. The maximum absolute atomic E-state index is 12.4. The Kier molecular flexibility index (Phi) is 5.23. The highest BCUT2D eigenvalue weighted by Crippen LogP contribution is 2.39. The van der Waals surface area contributed by atoms with Crippen LogP contribution in [0.3, 0.4) is 0 Å². The first-order valence-corrected chi connectivity index (χ1v) is 9.34. The van der Waals surface area contributed by atoms with Crippen LogP contribution in [0, 0.1) is 11.3 Å². The molecule has 134 valence electrons. The molecular weight excluding hydrogens is 302 g/mol. The molecule has 1 saturated carbocycles. The summed E-state index contributed by atoms with van der Waals surface area (Å²) in [6, 6.07) is 0. The monoisotopic (exact) mass is 333 g/mol. The Labute approximate surface area is 144 Å². The molecule has 6 heteroatoms. The van der Waals surface area contributed by atoms with Crippen LogP contribution in [0.25, 0.3) is 0 Å². The molecule has 2 heterocycles. The van der Waals surface area contributed by atoms with E-state index in [1.807, 2.05) is 7.05 Å². The van der Waals surface area contributed by atoms with Gasteiger partial charge in [0.2, 0.25) is 11.9 Å². The van der Waals surface area contributed by atoms with E-state index in [-0.39, 0.29) is 5.91 Å². The van der Waals surface area contributed by atoms with Gasteiger partial charge in [0.25, 0.3) is 0 Å². The standard InChI is InChI=1S/C18H31N5O/c1-18(2)8-4-13(5-9-18)12-15(24)20-17-21-16(22-23(17)3)14-6-10-19-11-7-14/h13-14,19H,4-12H2,1-3H3,(H,20,21,22,24). The predicted molar refractivity (Wildman–Crippen MR) is 94.8 cm³/mol. The average Bonchev–Trinajstić information content (AvgIpc) is 2.91. The molecule has 2 N–H and O–H groups in total. The Balaban J connectivity index is 1.54. The lowest BCUT2D eigenvalue weighted by molar-refractivity contribution is -0.117. The molecule has 0 aromatic carbocycles. The van der Waals surface area contributed by atoms with Crippen LogP contribution in [-0.2, 0) is 11.8 Å². The van der Waals surface area contributed by atoms with Crippen LogP contribution < -0.4 is 10.6 Å². The van der Waals surface area contributed by atoms with Gasteiger partial charge in [-0.2, -0.15) is 10.1 Å². The van der Waals surface area contributed by atoms with E-state index < -0.39 is 0 Å². The van der Waals surface area contributed by atoms with E-state index in [1.165, 1.54) is 12.8 Å². The quantitative estimate of drug-likeness (QED) is 0.889. The number of carbonyl (C=O) groups is 1. The molecule has 1 aromatic heterocycles. The summed E-state index contributed by atoms with van der Waals surface area (Å²) in [6.07, 6.45) is 7.47.